The van der Waals surface area contributed by atoms with Crippen molar-refractivity contribution in [3.63, 3.8) is 0 Å². The van der Waals surface area contributed by atoms with E-state index >= 15 is 0 Å². The number of amides is 1. The highest BCUT2D eigenvalue weighted by atomic mass is 19.4. The Hall–Kier alpha value is -2.58. The normalized spacial score (nSPS) is 12.7. The summed E-state index contributed by atoms with van der Waals surface area (Å²) in [5, 5.41) is 2.76. The molecule has 0 aliphatic carbocycles. The summed E-state index contributed by atoms with van der Waals surface area (Å²) in [6, 6.07) is 2.43. The molecular weight excluding hydrogens is 313 g/mol. The monoisotopic (exact) mass is 328 g/mol. The third-order valence-corrected chi connectivity index (χ3v) is 2.80. The standard InChI is InChI=1S/C14H15F3N4O2/c1-10(7-21-5-4-18-9-21)20-13(22)11-2-3-12(19-6-11)23-8-14(15,16)17/h2-6,9-10H,7-8H2,1H3,(H,20,22)/t10-/m1/s1. The van der Waals surface area contributed by atoms with Gasteiger partial charge in [0, 0.05) is 37.2 Å². The van der Waals surface area contributed by atoms with Crippen molar-refractivity contribution in [2.75, 3.05) is 6.61 Å². The highest BCUT2D eigenvalue weighted by Gasteiger charge is 2.28. The number of imidazole rings is 1. The van der Waals surface area contributed by atoms with Gasteiger partial charge in [-0.3, -0.25) is 4.79 Å². The Balaban J connectivity index is 1.87. The predicted molar refractivity (Wildman–Crippen MR) is 74.9 cm³/mol. The molecule has 0 aliphatic heterocycles. The Kier molecular flexibility index (Phi) is 5.20. The van der Waals surface area contributed by atoms with Crippen LogP contribution in [0.4, 0.5) is 13.2 Å². The molecule has 6 nitrogen and oxygen atoms in total. The molecule has 0 spiro atoms. The zero-order chi connectivity index (χ0) is 16.9. The van der Waals surface area contributed by atoms with Crippen LogP contribution in [0.1, 0.15) is 17.3 Å². The number of alkyl halides is 3. The minimum Gasteiger partial charge on any atom is -0.468 e. The number of aromatic nitrogens is 3. The molecule has 0 saturated heterocycles. The van der Waals surface area contributed by atoms with Crippen LogP contribution in [0.3, 0.4) is 0 Å². The molecule has 0 bridgehead atoms. The quantitative estimate of drug-likeness (QED) is 0.881. The first-order valence-electron chi connectivity index (χ1n) is 6.76. The molecule has 9 heteroatoms. The molecule has 0 aliphatic rings. The molecule has 2 rings (SSSR count). The second-order valence-electron chi connectivity index (χ2n) is 4.92. The predicted octanol–water partition coefficient (Wildman–Crippen LogP) is 2.04. The van der Waals surface area contributed by atoms with Gasteiger partial charge in [0.1, 0.15) is 0 Å². The van der Waals surface area contributed by atoms with Gasteiger partial charge in [0.15, 0.2) is 6.61 Å². The number of nitrogens with one attached hydrogen (secondary N) is 1. The van der Waals surface area contributed by atoms with Crippen LogP contribution in [0, 0.1) is 0 Å². The number of carbonyl (C=O) groups excluding carboxylic acids is 1. The van der Waals surface area contributed by atoms with Gasteiger partial charge in [0.05, 0.1) is 11.9 Å². The molecular formula is C14H15F3N4O2. The van der Waals surface area contributed by atoms with Crippen LogP contribution < -0.4 is 10.1 Å². The third kappa shape index (κ3) is 5.61. The minimum atomic E-state index is -4.43. The second kappa shape index (κ2) is 7.12. The van der Waals surface area contributed by atoms with Gasteiger partial charge < -0.3 is 14.6 Å². The molecule has 0 unspecified atom stereocenters. The zero-order valence-corrected chi connectivity index (χ0v) is 12.2. The van der Waals surface area contributed by atoms with E-state index < -0.39 is 12.8 Å². The summed E-state index contributed by atoms with van der Waals surface area (Å²) in [5.74, 6) is -0.558. The van der Waals surface area contributed by atoms with E-state index in [-0.39, 0.29) is 23.4 Å². The smallest absolute Gasteiger partial charge is 0.422 e. The summed E-state index contributed by atoms with van der Waals surface area (Å²) in [4.78, 5) is 19.6. The van der Waals surface area contributed by atoms with Crippen molar-refractivity contribution >= 4 is 5.91 Å². The summed E-state index contributed by atoms with van der Waals surface area (Å²) in [5.41, 5.74) is 0.238. The zero-order valence-electron chi connectivity index (χ0n) is 12.2. The van der Waals surface area contributed by atoms with Crippen molar-refractivity contribution in [2.45, 2.75) is 25.7 Å². The number of ether oxygens (including phenoxy) is 1. The van der Waals surface area contributed by atoms with Crippen molar-refractivity contribution in [1.82, 2.24) is 19.9 Å². The van der Waals surface area contributed by atoms with Crippen LogP contribution in [-0.4, -0.2) is 39.3 Å². The maximum absolute atomic E-state index is 12.0. The van der Waals surface area contributed by atoms with Crippen molar-refractivity contribution in [3.8, 4) is 5.88 Å². The fourth-order valence-corrected chi connectivity index (χ4v) is 1.82. The third-order valence-electron chi connectivity index (χ3n) is 2.80. The fraction of sp³-hybridized carbons (Fsp3) is 0.357. The number of carbonyl (C=O) groups is 1. The summed E-state index contributed by atoms with van der Waals surface area (Å²) >= 11 is 0. The molecule has 1 amide bonds. The highest BCUT2D eigenvalue weighted by molar-refractivity contribution is 5.94. The number of pyridine rings is 1. The Morgan fingerprint density at radius 1 is 1.43 bits per heavy atom. The SMILES string of the molecule is C[C@H](Cn1ccnc1)NC(=O)c1ccc(OCC(F)(F)F)nc1. The molecule has 2 aromatic heterocycles. The lowest BCUT2D eigenvalue weighted by Gasteiger charge is -2.14. The average molecular weight is 328 g/mol. The van der Waals surface area contributed by atoms with Gasteiger partial charge in [-0.1, -0.05) is 0 Å². The second-order valence-corrected chi connectivity index (χ2v) is 4.92. The number of nitrogens with zero attached hydrogens (tertiary/aromatic N) is 3. The van der Waals surface area contributed by atoms with Crippen LogP contribution in [0.15, 0.2) is 37.1 Å². The van der Waals surface area contributed by atoms with Crippen LogP contribution in [0.5, 0.6) is 5.88 Å². The molecule has 0 fully saturated rings. The highest BCUT2D eigenvalue weighted by Crippen LogP contribution is 2.17. The van der Waals surface area contributed by atoms with Crippen molar-refractivity contribution in [2.24, 2.45) is 0 Å². The first kappa shape index (κ1) is 16.8. The van der Waals surface area contributed by atoms with Gasteiger partial charge in [-0.2, -0.15) is 13.2 Å². The van der Waals surface area contributed by atoms with E-state index in [1.54, 1.807) is 18.7 Å². The van der Waals surface area contributed by atoms with E-state index in [2.05, 4.69) is 20.0 Å². The van der Waals surface area contributed by atoms with Crippen molar-refractivity contribution in [1.29, 1.82) is 0 Å². The Morgan fingerprint density at radius 2 is 2.22 bits per heavy atom. The topological polar surface area (TPSA) is 69.0 Å². The van der Waals surface area contributed by atoms with Gasteiger partial charge in [-0.25, -0.2) is 9.97 Å². The summed E-state index contributed by atoms with van der Waals surface area (Å²) < 4.78 is 42.4. The van der Waals surface area contributed by atoms with E-state index in [0.29, 0.717) is 6.54 Å². The maximum Gasteiger partial charge on any atom is 0.422 e. The summed E-state index contributed by atoms with van der Waals surface area (Å²) in [7, 11) is 0. The molecule has 0 saturated carbocycles. The molecule has 2 aromatic rings. The molecule has 124 valence electrons. The van der Waals surface area contributed by atoms with E-state index in [0.717, 1.165) is 0 Å². The molecule has 0 aromatic carbocycles. The number of hydrogen-bond acceptors (Lipinski definition) is 4. The van der Waals surface area contributed by atoms with Crippen LogP contribution in [-0.2, 0) is 6.54 Å². The van der Waals surface area contributed by atoms with Gasteiger partial charge >= 0.3 is 6.18 Å². The summed E-state index contributed by atoms with van der Waals surface area (Å²) in [6.45, 7) is 0.950. The molecule has 1 N–H and O–H groups in total. The largest absolute Gasteiger partial charge is 0.468 e. The molecule has 1 atom stereocenters. The lowest BCUT2D eigenvalue weighted by atomic mass is 10.2. The Labute approximate surface area is 130 Å². The first-order valence-corrected chi connectivity index (χ1v) is 6.76. The lowest BCUT2D eigenvalue weighted by molar-refractivity contribution is -0.154. The minimum absolute atomic E-state index is 0.155. The van der Waals surface area contributed by atoms with Gasteiger partial charge in [0.25, 0.3) is 5.91 Å². The van der Waals surface area contributed by atoms with E-state index in [9.17, 15) is 18.0 Å². The van der Waals surface area contributed by atoms with Crippen LogP contribution >= 0.6 is 0 Å². The fourth-order valence-electron chi connectivity index (χ4n) is 1.82. The van der Waals surface area contributed by atoms with Gasteiger partial charge in [-0.15, -0.1) is 0 Å². The van der Waals surface area contributed by atoms with E-state index in [4.69, 9.17) is 0 Å². The molecule has 0 radical (unpaired) electrons. The Morgan fingerprint density at radius 3 is 2.78 bits per heavy atom. The van der Waals surface area contributed by atoms with E-state index in [1.165, 1.54) is 18.3 Å². The summed E-state index contributed by atoms with van der Waals surface area (Å²) in [6.07, 6.45) is 1.79. The number of halogens is 3. The van der Waals surface area contributed by atoms with Gasteiger partial charge in [-0.05, 0) is 13.0 Å². The van der Waals surface area contributed by atoms with Crippen LogP contribution in [0.25, 0.3) is 0 Å². The lowest BCUT2D eigenvalue weighted by Crippen LogP contribution is -2.35. The molecule has 2 heterocycles. The average Bonchev–Trinajstić information content (AvgIpc) is 2.97. The first-order chi connectivity index (χ1) is 10.8. The van der Waals surface area contributed by atoms with Gasteiger partial charge in [0.2, 0.25) is 5.88 Å². The van der Waals surface area contributed by atoms with Crippen molar-refractivity contribution < 1.29 is 22.7 Å². The Bertz CT molecular complexity index is 626. The van der Waals surface area contributed by atoms with Crippen molar-refractivity contribution in [3.05, 3.63) is 42.6 Å². The molecule has 23 heavy (non-hydrogen) atoms. The van der Waals surface area contributed by atoms with E-state index in [1.807, 2.05) is 11.5 Å². The van der Waals surface area contributed by atoms with Crippen LogP contribution in [0.2, 0.25) is 0 Å². The number of rotatable bonds is 6. The maximum atomic E-state index is 12.0. The number of hydrogen-bond donors (Lipinski definition) is 1.